The largest absolute Gasteiger partial charge is 0.465 e. The first-order chi connectivity index (χ1) is 14.6. The molecule has 4 heteroatoms. The van der Waals surface area contributed by atoms with E-state index in [-0.39, 0.29) is 12.1 Å². The summed E-state index contributed by atoms with van der Waals surface area (Å²) in [6, 6.07) is 0. The standard InChI is InChI=1S/C26H50O4/c1-4-7-9-13-17-23(27)20-25-24(30-25)18-14-11-10-12-15-19-26(28)29-21-22(6-3)16-8-5-2/h22-25,27H,4-21H2,1-3H3. The highest BCUT2D eigenvalue weighted by Gasteiger charge is 2.38. The molecule has 1 aliphatic rings. The van der Waals surface area contributed by atoms with Crippen molar-refractivity contribution in [2.45, 2.75) is 148 Å². The number of epoxide rings is 1. The fourth-order valence-corrected chi connectivity index (χ4v) is 4.16. The van der Waals surface area contributed by atoms with Crippen molar-refractivity contribution >= 4 is 5.97 Å². The zero-order valence-electron chi connectivity index (χ0n) is 20.2. The number of rotatable bonds is 21. The van der Waals surface area contributed by atoms with Gasteiger partial charge in [-0.05, 0) is 31.6 Å². The van der Waals surface area contributed by atoms with Gasteiger partial charge in [0.25, 0.3) is 0 Å². The van der Waals surface area contributed by atoms with E-state index in [1.807, 2.05) is 0 Å². The lowest BCUT2D eigenvalue weighted by molar-refractivity contribution is -0.145. The number of unbranched alkanes of at least 4 members (excludes halogenated alkanes) is 8. The Balaban J connectivity index is 1.89. The average Bonchev–Trinajstić information content (AvgIpc) is 3.48. The fourth-order valence-electron chi connectivity index (χ4n) is 4.16. The van der Waals surface area contributed by atoms with Gasteiger partial charge in [0.15, 0.2) is 0 Å². The number of hydrogen-bond donors (Lipinski definition) is 1. The third-order valence-electron chi connectivity index (χ3n) is 6.48. The monoisotopic (exact) mass is 426 g/mol. The first kappa shape index (κ1) is 27.4. The van der Waals surface area contributed by atoms with Crippen molar-refractivity contribution in [1.29, 1.82) is 0 Å². The maximum absolute atomic E-state index is 11.9. The lowest BCUT2D eigenvalue weighted by Gasteiger charge is -2.14. The van der Waals surface area contributed by atoms with Gasteiger partial charge in [-0.1, -0.05) is 91.4 Å². The SMILES string of the molecule is CCCCCCC(O)CC1OC1CCCCCCCC(=O)OCC(CC)CCCC. The normalized spacial score (nSPS) is 20.1. The highest BCUT2D eigenvalue weighted by molar-refractivity contribution is 5.69. The van der Waals surface area contributed by atoms with E-state index in [4.69, 9.17) is 9.47 Å². The molecule has 0 amide bonds. The number of ether oxygens (including phenoxy) is 2. The molecule has 1 rings (SSSR count). The Morgan fingerprint density at radius 2 is 1.57 bits per heavy atom. The van der Waals surface area contributed by atoms with Crippen LogP contribution in [-0.2, 0) is 14.3 Å². The zero-order valence-corrected chi connectivity index (χ0v) is 20.2. The van der Waals surface area contributed by atoms with Crippen molar-refractivity contribution in [3.05, 3.63) is 0 Å². The number of carbonyl (C=O) groups is 1. The van der Waals surface area contributed by atoms with Crippen LogP contribution >= 0.6 is 0 Å². The summed E-state index contributed by atoms with van der Waals surface area (Å²) in [5, 5.41) is 10.1. The Morgan fingerprint density at radius 3 is 2.30 bits per heavy atom. The third kappa shape index (κ3) is 14.4. The average molecular weight is 427 g/mol. The molecule has 0 radical (unpaired) electrons. The van der Waals surface area contributed by atoms with E-state index in [0.717, 1.165) is 44.9 Å². The maximum atomic E-state index is 11.9. The zero-order chi connectivity index (χ0) is 22.0. The topological polar surface area (TPSA) is 59.1 Å². The minimum atomic E-state index is -0.184. The van der Waals surface area contributed by atoms with Gasteiger partial charge in [-0.3, -0.25) is 4.79 Å². The summed E-state index contributed by atoms with van der Waals surface area (Å²) >= 11 is 0. The molecule has 1 fully saturated rings. The first-order valence-corrected chi connectivity index (χ1v) is 13.1. The fraction of sp³-hybridized carbons (Fsp3) is 0.962. The van der Waals surface area contributed by atoms with Crippen LogP contribution in [0.1, 0.15) is 130 Å². The molecule has 30 heavy (non-hydrogen) atoms. The smallest absolute Gasteiger partial charge is 0.305 e. The summed E-state index contributed by atoms with van der Waals surface area (Å²) in [4.78, 5) is 11.9. The van der Waals surface area contributed by atoms with Crippen molar-refractivity contribution in [2.24, 2.45) is 5.92 Å². The van der Waals surface area contributed by atoms with E-state index in [1.165, 1.54) is 57.8 Å². The van der Waals surface area contributed by atoms with E-state index in [9.17, 15) is 9.90 Å². The van der Waals surface area contributed by atoms with Gasteiger partial charge in [0, 0.05) is 12.8 Å². The minimum absolute atomic E-state index is 0.0209. The highest BCUT2D eigenvalue weighted by Crippen LogP contribution is 2.32. The van der Waals surface area contributed by atoms with Crippen LogP contribution in [0, 0.1) is 5.92 Å². The van der Waals surface area contributed by atoms with Gasteiger partial charge in [-0.15, -0.1) is 0 Å². The van der Waals surface area contributed by atoms with Crippen LogP contribution in [0.4, 0.5) is 0 Å². The molecule has 0 aromatic carbocycles. The van der Waals surface area contributed by atoms with E-state index in [1.54, 1.807) is 0 Å². The molecule has 1 N–H and O–H groups in total. The minimum Gasteiger partial charge on any atom is -0.465 e. The van der Waals surface area contributed by atoms with Crippen LogP contribution < -0.4 is 0 Å². The lowest BCUT2D eigenvalue weighted by Crippen LogP contribution is -2.13. The predicted molar refractivity (Wildman–Crippen MR) is 125 cm³/mol. The molecule has 1 heterocycles. The Hall–Kier alpha value is -0.610. The van der Waals surface area contributed by atoms with Crippen molar-refractivity contribution in [3.8, 4) is 0 Å². The summed E-state index contributed by atoms with van der Waals surface area (Å²) in [5.74, 6) is 0.511. The molecule has 0 spiro atoms. The summed E-state index contributed by atoms with van der Waals surface area (Å²) in [5.41, 5.74) is 0. The molecule has 4 atom stereocenters. The highest BCUT2D eigenvalue weighted by atomic mass is 16.6. The van der Waals surface area contributed by atoms with E-state index in [0.29, 0.717) is 31.2 Å². The van der Waals surface area contributed by atoms with Gasteiger partial charge in [-0.2, -0.15) is 0 Å². The van der Waals surface area contributed by atoms with Crippen LogP contribution in [0.5, 0.6) is 0 Å². The van der Waals surface area contributed by atoms with Gasteiger partial charge in [0.1, 0.15) is 0 Å². The van der Waals surface area contributed by atoms with Crippen LogP contribution in [-0.4, -0.2) is 36.0 Å². The molecule has 0 aliphatic carbocycles. The molecule has 0 saturated carbocycles. The molecular weight excluding hydrogens is 376 g/mol. The van der Waals surface area contributed by atoms with Crippen LogP contribution in [0.25, 0.3) is 0 Å². The number of esters is 1. The third-order valence-corrected chi connectivity index (χ3v) is 6.48. The molecule has 0 bridgehead atoms. The number of carbonyl (C=O) groups excluding carboxylic acids is 1. The second-order valence-electron chi connectivity index (χ2n) is 9.36. The van der Waals surface area contributed by atoms with Crippen molar-refractivity contribution in [2.75, 3.05) is 6.61 Å². The van der Waals surface area contributed by atoms with Crippen molar-refractivity contribution in [1.82, 2.24) is 0 Å². The van der Waals surface area contributed by atoms with Crippen LogP contribution in [0.15, 0.2) is 0 Å². The van der Waals surface area contributed by atoms with Crippen molar-refractivity contribution in [3.63, 3.8) is 0 Å². The maximum Gasteiger partial charge on any atom is 0.305 e. The summed E-state index contributed by atoms with van der Waals surface area (Å²) in [7, 11) is 0. The summed E-state index contributed by atoms with van der Waals surface area (Å²) < 4.78 is 11.2. The Bertz CT molecular complexity index is 412. The molecule has 178 valence electrons. The van der Waals surface area contributed by atoms with E-state index in [2.05, 4.69) is 20.8 Å². The second-order valence-corrected chi connectivity index (χ2v) is 9.36. The number of aliphatic hydroxyl groups excluding tert-OH is 1. The lowest BCUT2D eigenvalue weighted by atomic mass is 10.0. The Kier molecular flexibility index (Phi) is 16.5. The molecule has 1 saturated heterocycles. The molecule has 1 aliphatic heterocycles. The Labute approximate surface area is 186 Å². The molecule has 0 aromatic heterocycles. The quantitative estimate of drug-likeness (QED) is 0.122. The van der Waals surface area contributed by atoms with Gasteiger partial charge in [0.05, 0.1) is 24.9 Å². The number of hydrogen-bond acceptors (Lipinski definition) is 4. The van der Waals surface area contributed by atoms with E-state index < -0.39 is 0 Å². The molecule has 4 nitrogen and oxygen atoms in total. The molecular formula is C26H50O4. The van der Waals surface area contributed by atoms with E-state index >= 15 is 0 Å². The van der Waals surface area contributed by atoms with Gasteiger partial charge in [-0.25, -0.2) is 0 Å². The first-order valence-electron chi connectivity index (χ1n) is 13.1. The predicted octanol–water partition coefficient (Wildman–Crippen LogP) is 6.97. The molecule has 0 aromatic rings. The van der Waals surface area contributed by atoms with Gasteiger partial charge in [0.2, 0.25) is 0 Å². The van der Waals surface area contributed by atoms with Crippen LogP contribution in [0.2, 0.25) is 0 Å². The Morgan fingerprint density at radius 1 is 0.867 bits per heavy atom. The van der Waals surface area contributed by atoms with Gasteiger partial charge >= 0.3 is 5.97 Å². The second kappa shape index (κ2) is 18.0. The summed E-state index contributed by atoms with van der Waals surface area (Å²) in [6.07, 6.45) is 19.1. The summed E-state index contributed by atoms with van der Waals surface area (Å²) in [6.45, 7) is 7.20. The van der Waals surface area contributed by atoms with Crippen molar-refractivity contribution < 1.29 is 19.4 Å². The van der Waals surface area contributed by atoms with Crippen LogP contribution in [0.3, 0.4) is 0 Å². The van der Waals surface area contributed by atoms with Gasteiger partial charge < -0.3 is 14.6 Å². The molecule has 4 unspecified atom stereocenters. The number of aliphatic hydroxyl groups is 1.